The molecule has 3 heteroatoms. The first-order valence-corrected chi connectivity index (χ1v) is 7.70. The molecule has 0 amide bonds. The van der Waals surface area contributed by atoms with Gasteiger partial charge in [-0.1, -0.05) is 0 Å². The zero-order valence-corrected chi connectivity index (χ0v) is 12.4. The highest BCUT2D eigenvalue weighted by Crippen LogP contribution is 2.54. The molecule has 3 aliphatic rings. The zero-order valence-electron chi connectivity index (χ0n) is 12.4. The van der Waals surface area contributed by atoms with Gasteiger partial charge < -0.3 is 10.2 Å². The Kier molecular flexibility index (Phi) is 3.20. The van der Waals surface area contributed by atoms with E-state index in [4.69, 9.17) is 0 Å². The van der Waals surface area contributed by atoms with E-state index in [9.17, 15) is 0 Å². The van der Waals surface area contributed by atoms with E-state index in [2.05, 4.69) is 42.8 Å². The highest BCUT2D eigenvalue weighted by molar-refractivity contribution is 5.12. The zero-order chi connectivity index (χ0) is 12.9. The van der Waals surface area contributed by atoms with Gasteiger partial charge in [0.25, 0.3) is 0 Å². The first-order valence-electron chi connectivity index (χ1n) is 7.70. The smallest absolute Gasteiger partial charge is 0.0139 e. The molecule has 0 aromatic carbocycles. The van der Waals surface area contributed by atoms with E-state index >= 15 is 0 Å². The van der Waals surface area contributed by atoms with Gasteiger partial charge in [0, 0.05) is 50.3 Å². The van der Waals surface area contributed by atoms with Crippen molar-refractivity contribution in [2.24, 2.45) is 11.8 Å². The fourth-order valence-corrected chi connectivity index (χ4v) is 4.43. The van der Waals surface area contributed by atoms with Crippen LogP contribution in [-0.2, 0) is 0 Å². The molecule has 3 rings (SSSR count). The molecule has 1 saturated carbocycles. The van der Waals surface area contributed by atoms with E-state index in [1.165, 1.54) is 39.1 Å². The quantitative estimate of drug-likeness (QED) is 0.800. The molecule has 2 aliphatic heterocycles. The van der Waals surface area contributed by atoms with Crippen LogP contribution in [0.25, 0.3) is 0 Å². The van der Waals surface area contributed by atoms with Crippen molar-refractivity contribution in [3.63, 3.8) is 0 Å². The van der Waals surface area contributed by atoms with Crippen molar-refractivity contribution in [1.29, 1.82) is 0 Å². The third-order valence-electron chi connectivity index (χ3n) is 5.22. The van der Waals surface area contributed by atoms with Crippen molar-refractivity contribution >= 4 is 0 Å². The lowest BCUT2D eigenvalue weighted by Gasteiger charge is -2.40. The van der Waals surface area contributed by atoms with Gasteiger partial charge in [-0.15, -0.1) is 0 Å². The van der Waals surface area contributed by atoms with Gasteiger partial charge >= 0.3 is 0 Å². The Bertz CT molecular complexity index is 303. The van der Waals surface area contributed by atoms with Crippen LogP contribution in [0.1, 0.15) is 34.1 Å². The molecule has 18 heavy (non-hydrogen) atoms. The number of piperidine rings is 1. The van der Waals surface area contributed by atoms with Crippen molar-refractivity contribution in [2.45, 2.75) is 51.7 Å². The predicted octanol–water partition coefficient (Wildman–Crippen LogP) is 1.40. The molecule has 3 fully saturated rings. The molecule has 1 N–H and O–H groups in total. The second kappa shape index (κ2) is 4.46. The third-order valence-corrected chi connectivity index (χ3v) is 5.22. The van der Waals surface area contributed by atoms with Crippen LogP contribution in [0.5, 0.6) is 0 Å². The van der Waals surface area contributed by atoms with E-state index in [1.807, 2.05) is 0 Å². The summed E-state index contributed by atoms with van der Waals surface area (Å²) in [6.45, 7) is 15.8. The fraction of sp³-hybridized carbons (Fsp3) is 1.00. The van der Waals surface area contributed by atoms with E-state index < -0.39 is 0 Å². The normalized spacial score (nSPS) is 42.0. The molecule has 0 spiro atoms. The topological polar surface area (TPSA) is 18.5 Å². The first kappa shape index (κ1) is 12.9. The van der Waals surface area contributed by atoms with Crippen LogP contribution in [0.2, 0.25) is 0 Å². The maximum atomic E-state index is 3.45. The Balaban J connectivity index is 1.64. The van der Waals surface area contributed by atoms with E-state index in [0.717, 1.165) is 23.9 Å². The molecular weight excluding hydrogens is 222 g/mol. The minimum absolute atomic E-state index is 0.344. The Morgan fingerprint density at radius 1 is 1.17 bits per heavy atom. The van der Waals surface area contributed by atoms with Crippen LogP contribution >= 0.6 is 0 Å². The molecule has 0 bridgehead atoms. The SMILES string of the molecule is C[C@@H]1C(CN2CCNCC2)[C@H]2CC2N1C(C)(C)C. The van der Waals surface area contributed by atoms with Crippen LogP contribution in [0, 0.1) is 11.8 Å². The minimum atomic E-state index is 0.344. The van der Waals surface area contributed by atoms with E-state index in [0.29, 0.717) is 5.54 Å². The van der Waals surface area contributed by atoms with Gasteiger partial charge in [0.15, 0.2) is 0 Å². The van der Waals surface area contributed by atoms with Crippen LogP contribution in [-0.4, -0.2) is 60.1 Å². The summed E-state index contributed by atoms with van der Waals surface area (Å²) in [7, 11) is 0. The fourth-order valence-electron chi connectivity index (χ4n) is 4.43. The maximum absolute atomic E-state index is 3.45. The molecule has 2 saturated heterocycles. The molecular formula is C15H29N3. The van der Waals surface area contributed by atoms with Crippen molar-refractivity contribution < 1.29 is 0 Å². The lowest BCUT2D eigenvalue weighted by Crippen LogP contribution is -2.50. The van der Waals surface area contributed by atoms with E-state index in [1.54, 1.807) is 0 Å². The van der Waals surface area contributed by atoms with Crippen molar-refractivity contribution in [2.75, 3.05) is 32.7 Å². The van der Waals surface area contributed by atoms with Crippen LogP contribution in [0.3, 0.4) is 0 Å². The van der Waals surface area contributed by atoms with Crippen LogP contribution in [0.15, 0.2) is 0 Å². The summed E-state index contributed by atoms with van der Waals surface area (Å²) in [6, 6.07) is 1.66. The number of fused-ring (bicyclic) bond motifs is 1. The second-order valence-electron chi connectivity index (χ2n) is 7.50. The largest absolute Gasteiger partial charge is 0.314 e. The highest BCUT2D eigenvalue weighted by atomic mass is 15.3. The molecule has 1 aliphatic carbocycles. The van der Waals surface area contributed by atoms with Crippen molar-refractivity contribution in [1.82, 2.24) is 15.1 Å². The lowest BCUT2D eigenvalue weighted by molar-refractivity contribution is 0.0748. The molecule has 0 aromatic heterocycles. The standard InChI is InChI=1S/C15H29N3/c1-11-13(10-17-7-5-16-6-8-17)12-9-14(12)18(11)15(2,3)4/h11-14,16H,5-10H2,1-4H3/t11-,12-,13?,14?/m1/s1. The molecule has 0 radical (unpaired) electrons. The molecule has 2 unspecified atom stereocenters. The Morgan fingerprint density at radius 2 is 1.83 bits per heavy atom. The average Bonchev–Trinajstić information content (AvgIpc) is 3.00. The number of rotatable bonds is 2. The molecule has 2 heterocycles. The Hall–Kier alpha value is -0.120. The molecule has 0 aromatic rings. The number of nitrogens with one attached hydrogen (secondary N) is 1. The Morgan fingerprint density at radius 3 is 2.39 bits per heavy atom. The van der Waals surface area contributed by atoms with Gasteiger partial charge in [0.05, 0.1) is 0 Å². The number of hydrogen-bond donors (Lipinski definition) is 1. The summed E-state index contributed by atoms with van der Waals surface area (Å²) in [5, 5.41) is 3.45. The number of piperazine rings is 1. The number of hydrogen-bond acceptors (Lipinski definition) is 3. The van der Waals surface area contributed by atoms with E-state index in [-0.39, 0.29) is 0 Å². The summed E-state index contributed by atoms with van der Waals surface area (Å²) < 4.78 is 0. The van der Waals surface area contributed by atoms with Gasteiger partial charge in [-0.05, 0) is 46.0 Å². The van der Waals surface area contributed by atoms with Gasteiger partial charge in [-0.3, -0.25) is 4.90 Å². The second-order valence-corrected chi connectivity index (χ2v) is 7.50. The average molecular weight is 251 g/mol. The number of likely N-dealkylation sites (tertiary alicyclic amines) is 1. The van der Waals surface area contributed by atoms with Gasteiger partial charge in [0.1, 0.15) is 0 Å². The summed E-state index contributed by atoms with van der Waals surface area (Å²) >= 11 is 0. The third kappa shape index (κ3) is 2.21. The summed E-state index contributed by atoms with van der Waals surface area (Å²) in [5.74, 6) is 1.90. The van der Waals surface area contributed by atoms with Crippen LogP contribution < -0.4 is 5.32 Å². The monoisotopic (exact) mass is 251 g/mol. The van der Waals surface area contributed by atoms with Crippen molar-refractivity contribution in [3.05, 3.63) is 0 Å². The minimum Gasteiger partial charge on any atom is -0.314 e. The predicted molar refractivity (Wildman–Crippen MR) is 75.7 cm³/mol. The molecule has 104 valence electrons. The first-order chi connectivity index (χ1) is 8.48. The van der Waals surface area contributed by atoms with Gasteiger partial charge in [-0.2, -0.15) is 0 Å². The summed E-state index contributed by atoms with van der Waals surface area (Å²) in [4.78, 5) is 5.48. The Labute approximate surface area is 112 Å². The lowest BCUT2D eigenvalue weighted by atomic mass is 9.94. The molecule has 4 atom stereocenters. The number of nitrogens with zero attached hydrogens (tertiary/aromatic N) is 2. The highest BCUT2D eigenvalue weighted by Gasteiger charge is 2.59. The molecule has 3 nitrogen and oxygen atoms in total. The van der Waals surface area contributed by atoms with Crippen molar-refractivity contribution in [3.8, 4) is 0 Å². The maximum Gasteiger partial charge on any atom is 0.0139 e. The summed E-state index contributed by atoms with van der Waals surface area (Å²) in [5.41, 5.74) is 0.344. The van der Waals surface area contributed by atoms with Gasteiger partial charge in [-0.25, -0.2) is 0 Å². The summed E-state index contributed by atoms with van der Waals surface area (Å²) in [6.07, 6.45) is 1.46. The van der Waals surface area contributed by atoms with Gasteiger partial charge in [0.2, 0.25) is 0 Å². The van der Waals surface area contributed by atoms with Crippen LogP contribution in [0.4, 0.5) is 0 Å².